The Labute approximate surface area is 213 Å². The minimum atomic E-state index is -0.486. The van der Waals surface area contributed by atoms with Crippen LogP contribution in [0.3, 0.4) is 0 Å². The second kappa shape index (κ2) is 10.5. The highest BCUT2D eigenvalue weighted by molar-refractivity contribution is 5.78. The SMILES string of the molecule is Cc1cc(-c2cc(-c3cccc(OCC(=O)N4CCN(c5cnccn5)CC4)c3)nc(=O)[nH]2)ccc1O. The molecular weight excluding hydrogens is 472 g/mol. The molecule has 0 atom stereocenters. The fourth-order valence-corrected chi connectivity index (χ4v) is 4.21. The summed E-state index contributed by atoms with van der Waals surface area (Å²) in [4.78, 5) is 44.2. The zero-order valence-electron chi connectivity index (χ0n) is 20.3. The van der Waals surface area contributed by atoms with E-state index >= 15 is 0 Å². The van der Waals surface area contributed by atoms with Gasteiger partial charge >= 0.3 is 5.69 Å². The number of hydrogen-bond donors (Lipinski definition) is 2. The number of H-pyrrole nitrogens is 1. The van der Waals surface area contributed by atoms with Gasteiger partial charge in [-0.3, -0.25) is 9.78 Å². The summed E-state index contributed by atoms with van der Waals surface area (Å²) >= 11 is 0. The predicted octanol–water partition coefficient (Wildman–Crippen LogP) is 2.64. The minimum absolute atomic E-state index is 0.0879. The molecule has 2 aromatic carbocycles. The lowest BCUT2D eigenvalue weighted by Gasteiger charge is -2.35. The van der Waals surface area contributed by atoms with Gasteiger partial charge in [0.1, 0.15) is 17.3 Å². The van der Waals surface area contributed by atoms with E-state index in [0.29, 0.717) is 54.4 Å². The summed E-state index contributed by atoms with van der Waals surface area (Å²) in [5.74, 6) is 1.41. The lowest BCUT2D eigenvalue weighted by atomic mass is 10.1. The maximum atomic E-state index is 12.7. The Morgan fingerprint density at radius 3 is 2.65 bits per heavy atom. The number of rotatable bonds is 6. The Bertz CT molecular complexity index is 1470. The van der Waals surface area contributed by atoms with Gasteiger partial charge in [0.2, 0.25) is 0 Å². The van der Waals surface area contributed by atoms with E-state index in [9.17, 15) is 14.7 Å². The molecule has 0 aliphatic carbocycles. The van der Waals surface area contributed by atoms with Crippen molar-refractivity contribution in [2.75, 3.05) is 37.7 Å². The van der Waals surface area contributed by atoms with Gasteiger partial charge in [0.25, 0.3) is 5.91 Å². The number of benzene rings is 2. The number of phenolic OH excluding ortho intramolecular Hbond substituents is 1. The van der Waals surface area contributed by atoms with Gasteiger partial charge in [0.05, 0.1) is 17.6 Å². The standard InChI is InChI=1S/C27H26N6O4/c1-18-13-20(5-6-24(18)34)23-15-22(30-27(36)31-23)19-3-2-4-21(14-19)37-17-26(35)33-11-9-32(10-12-33)25-16-28-7-8-29-25/h2-8,13-16,34H,9-12,17H2,1H3,(H,30,31,36). The smallest absolute Gasteiger partial charge is 0.345 e. The van der Waals surface area contributed by atoms with Crippen LogP contribution < -0.4 is 15.3 Å². The quantitative estimate of drug-likeness (QED) is 0.416. The van der Waals surface area contributed by atoms with Gasteiger partial charge < -0.3 is 24.6 Å². The van der Waals surface area contributed by atoms with Crippen LogP contribution in [-0.2, 0) is 4.79 Å². The Morgan fingerprint density at radius 2 is 1.89 bits per heavy atom. The van der Waals surface area contributed by atoms with Gasteiger partial charge in [-0.2, -0.15) is 4.98 Å². The number of hydrogen-bond acceptors (Lipinski definition) is 8. The van der Waals surface area contributed by atoms with E-state index in [1.165, 1.54) is 0 Å². The van der Waals surface area contributed by atoms with Crippen molar-refractivity contribution >= 4 is 11.7 Å². The first kappa shape index (κ1) is 24.0. The molecule has 37 heavy (non-hydrogen) atoms. The molecule has 1 amide bonds. The number of aromatic nitrogens is 4. The molecule has 1 saturated heterocycles. The van der Waals surface area contributed by atoms with Crippen molar-refractivity contribution in [3.05, 3.63) is 83.2 Å². The molecule has 1 aliphatic heterocycles. The monoisotopic (exact) mass is 498 g/mol. The average Bonchev–Trinajstić information content (AvgIpc) is 2.93. The van der Waals surface area contributed by atoms with E-state index in [1.807, 2.05) is 6.07 Å². The molecule has 188 valence electrons. The van der Waals surface area contributed by atoms with E-state index in [1.54, 1.807) is 72.9 Å². The molecule has 5 rings (SSSR count). The lowest BCUT2D eigenvalue weighted by molar-refractivity contribution is -0.133. The molecule has 0 radical (unpaired) electrons. The van der Waals surface area contributed by atoms with Gasteiger partial charge in [0, 0.05) is 44.1 Å². The molecule has 3 heterocycles. The number of nitrogens with zero attached hydrogens (tertiary/aromatic N) is 5. The van der Waals surface area contributed by atoms with Crippen molar-refractivity contribution in [3.63, 3.8) is 0 Å². The fourth-order valence-electron chi connectivity index (χ4n) is 4.21. The van der Waals surface area contributed by atoms with E-state index in [-0.39, 0.29) is 18.3 Å². The second-order valence-electron chi connectivity index (χ2n) is 8.73. The van der Waals surface area contributed by atoms with Crippen LogP contribution in [0.5, 0.6) is 11.5 Å². The molecule has 4 aromatic rings. The number of carbonyl (C=O) groups excluding carboxylic acids is 1. The summed E-state index contributed by atoms with van der Waals surface area (Å²) in [7, 11) is 0. The topological polar surface area (TPSA) is 125 Å². The van der Waals surface area contributed by atoms with Crippen LogP contribution in [-0.4, -0.2) is 68.6 Å². The first-order valence-corrected chi connectivity index (χ1v) is 11.9. The summed E-state index contributed by atoms with van der Waals surface area (Å²) in [5.41, 5.74) is 2.72. The highest BCUT2D eigenvalue weighted by atomic mass is 16.5. The van der Waals surface area contributed by atoms with Crippen molar-refractivity contribution in [1.29, 1.82) is 0 Å². The van der Waals surface area contributed by atoms with Crippen LogP contribution in [0, 0.1) is 6.92 Å². The van der Waals surface area contributed by atoms with Crippen LogP contribution >= 0.6 is 0 Å². The van der Waals surface area contributed by atoms with Crippen molar-refractivity contribution in [2.24, 2.45) is 0 Å². The molecular formula is C27H26N6O4. The summed E-state index contributed by atoms with van der Waals surface area (Å²) < 4.78 is 5.80. The number of anilines is 1. The molecule has 0 spiro atoms. The lowest BCUT2D eigenvalue weighted by Crippen LogP contribution is -2.50. The van der Waals surface area contributed by atoms with E-state index in [4.69, 9.17) is 4.74 Å². The van der Waals surface area contributed by atoms with E-state index < -0.39 is 5.69 Å². The second-order valence-corrected chi connectivity index (χ2v) is 8.73. The van der Waals surface area contributed by atoms with Crippen LogP contribution in [0.4, 0.5) is 5.82 Å². The number of aromatic hydroxyl groups is 1. The van der Waals surface area contributed by atoms with Gasteiger partial charge in [-0.25, -0.2) is 9.78 Å². The molecule has 2 N–H and O–H groups in total. The molecule has 0 unspecified atom stereocenters. The Hall–Kier alpha value is -4.73. The molecule has 2 aromatic heterocycles. The number of aromatic amines is 1. The first-order valence-electron chi connectivity index (χ1n) is 11.9. The maximum absolute atomic E-state index is 12.7. The van der Waals surface area contributed by atoms with Gasteiger partial charge in [0.15, 0.2) is 6.61 Å². The Kier molecular flexibility index (Phi) is 6.80. The number of piperazine rings is 1. The number of aryl methyl sites for hydroxylation is 1. The average molecular weight is 499 g/mol. The van der Waals surface area contributed by atoms with Crippen LogP contribution in [0.25, 0.3) is 22.5 Å². The van der Waals surface area contributed by atoms with Gasteiger partial charge in [-0.15, -0.1) is 0 Å². The summed E-state index contributed by atoms with van der Waals surface area (Å²) in [6, 6.07) is 14.0. The highest BCUT2D eigenvalue weighted by Crippen LogP contribution is 2.27. The molecule has 1 fully saturated rings. The van der Waals surface area contributed by atoms with Crippen molar-refractivity contribution in [1.82, 2.24) is 24.8 Å². The third kappa shape index (κ3) is 5.58. The fraction of sp³-hybridized carbons (Fsp3) is 0.222. The molecule has 0 saturated carbocycles. The predicted molar refractivity (Wildman–Crippen MR) is 138 cm³/mol. The number of amides is 1. The van der Waals surface area contributed by atoms with Crippen molar-refractivity contribution < 1.29 is 14.6 Å². The number of nitrogens with one attached hydrogen (secondary N) is 1. The van der Waals surface area contributed by atoms with E-state index in [0.717, 1.165) is 11.4 Å². The Morgan fingerprint density at radius 1 is 1.05 bits per heavy atom. The van der Waals surface area contributed by atoms with Crippen molar-refractivity contribution in [3.8, 4) is 34.0 Å². The Balaban J connectivity index is 1.24. The maximum Gasteiger partial charge on any atom is 0.345 e. The largest absolute Gasteiger partial charge is 0.508 e. The first-order chi connectivity index (χ1) is 18.0. The molecule has 1 aliphatic rings. The third-order valence-corrected chi connectivity index (χ3v) is 6.25. The zero-order chi connectivity index (χ0) is 25.8. The van der Waals surface area contributed by atoms with Gasteiger partial charge in [-0.05, 0) is 54.4 Å². The normalized spacial score (nSPS) is 13.4. The summed E-state index contributed by atoms with van der Waals surface area (Å²) in [5, 5.41) is 9.81. The molecule has 0 bridgehead atoms. The number of carbonyl (C=O) groups is 1. The van der Waals surface area contributed by atoms with Gasteiger partial charge in [-0.1, -0.05) is 12.1 Å². The summed E-state index contributed by atoms with van der Waals surface area (Å²) in [6.45, 7) is 4.21. The number of ether oxygens (including phenoxy) is 1. The van der Waals surface area contributed by atoms with Crippen LogP contribution in [0.2, 0.25) is 0 Å². The van der Waals surface area contributed by atoms with Crippen molar-refractivity contribution in [2.45, 2.75) is 6.92 Å². The zero-order valence-corrected chi connectivity index (χ0v) is 20.3. The van der Waals surface area contributed by atoms with E-state index in [2.05, 4.69) is 24.8 Å². The third-order valence-electron chi connectivity index (χ3n) is 6.25. The van der Waals surface area contributed by atoms with Crippen LogP contribution in [0.1, 0.15) is 5.56 Å². The number of phenols is 1. The van der Waals surface area contributed by atoms with Crippen LogP contribution in [0.15, 0.2) is 71.9 Å². The molecule has 10 nitrogen and oxygen atoms in total. The highest BCUT2D eigenvalue weighted by Gasteiger charge is 2.22. The molecule has 10 heteroatoms. The summed E-state index contributed by atoms with van der Waals surface area (Å²) in [6.07, 6.45) is 5.01. The minimum Gasteiger partial charge on any atom is -0.508 e.